The fraction of sp³-hybridized carbons (Fsp3) is 0.521. The summed E-state index contributed by atoms with van der Waals surface area (Å²) >= 11 is 1.40. The number of hydrazine groups is 1. The molecule has 3 aliphatic heterocycles. The largest absolute Gasteiger partial charge is 0.464 e. The first-order valence-corrected chi connectivity index (χ1v) is 23.2. The summed E-state index contributed by atoms with van der Waals surface area (Å²) in [7, 11) is 3.28. The van der Waals surface area contributed by atoms with Crippen LogP contribution in [-0.4, -0.2) is 117 Å². The first-order valence-electron chi connectivity index (χ1n) is 22.4. The van der Waals surface area contributed by atoms with Gasteiger partial charge in [0.25, 0.3) is 5.91 Å². The molecule has 0 spiro atoms. The number of nitrogens with zero attached hydrogens (tertiary/aromatic N) is 6. The molecule has 2 saturated heterocycles. The van der Waals surface area contributed by atoms with E-state index < -0.39 is 47.2 Å². The zero-order valence-corrected chi connectivity index (χ0v) is 39.1. The molecule has 342 valence electrons. The van der Waals surface area contributed by atoms with Gasteiger partial charge in [-0.15, -0.1) is 11.3 Å². The Bertz CT molecular complexity index is 2420. The van der Waals surface area contributed by atoms with Crippen molar-refractivity contribution in [2.75, 3.05) is 40.4 Å². The van der Waals surface area contributed by atoms with Gasteiger partial charge < -0.3 is 29.2 Å². The number of benzene rings is 1. The van der Waals surface area contributed by atoms with E-state index in [2.05, 4.69) is 66.9 Å². The maximum Gasteiger partial charge on any atom is 0.324 e. The summed E-state index contributed by atoms with van der Waals surface area (Å²) in [5.41, 5.74) is 9.25. The van der Waals surface area contributed by atoms with E-state index in [1.54, 1.807) is 25.3 Å². The summed E-state index contributed by atoms with van der Waals surface area (Å²) in [4.78, 5) is 81.9. The van der Waals surface area contributed by atoms with E-state index in [-0.39, 0.29) is 43.4 Å². The van der Waals surface area contributed by atoms with Crippen molar-refractivity contribution in [3.8, 4) is 22.5 Å². The number of likely N-dealkylation sites (N-methyl/N-ethyl adjacent to an activating group) is 1. The van der Waals surface area contributed by atoms with Crippen LogP contribution < -0.4 is 10.7 Å². The molecule has 6 heterocycles. The molecule has 1 aromatic carbocycles. The second kappa shape index (κ2) is 19.3. The van der Waals surface area contributed by atoms with Crippen LogP contribution in [0.2, 0.25) is 0 Å². The molecule has 7 rings (SSSR count). The molecule has 0 aliphatic carbocycles. The Hall–Kier alpha value is -5.45. The molecule has 6 bridgehead atoms. The number of esters is 1. The van der Waals surface area contributed by atoms with E-state index in [1.807, 2.05) is 32.2 Å². The van der Waals surface area contributed by atoms with Crippen LogP contribution in [0.5, 0.6) is 0 Å². The van der Waals surface area contributed by atoms with E-state index in [9.17, 15) is 24.0 Å². The van der Waals surface area contributed by atoms with Gasteiger partial charge in [0.15, 0.2) is 0 Å². The molecule has 0 radical (unpaired) electrons. The lowest BCUT2D eigenvalue weighted by atomic mass is 9.84. The highest BCUT2D eigenvalue weighted by molar-refractivity contribution is 7.10. The minimum atomic E-state index is -1.08. The molecule has 2 N–H and O–H groups in total. The topological polar surface area (TPSA) is 168 Å². The predicted octanol–water partition coefficient (Wildman–Crippen LogP) is 5.72. The van der Waals surface area contributed by atoms with Gasteiger partial charge in [-0.05, 0) is 81.4 Å². The molecule has 16 heteroatoms. The number of likely N-dealkylation sites (tertiary alicyclic amines) is 1. The van der Waals surface area contributed by atoms with E-state index in [0.717, 1.165) is 44.7 Å². The molecule has 3 aromatic heterocycles. The number of methoxy groups -OCH3 is 1. The Balaban J connectivity index is 1.27. The highest BCUT2D eigenvalue weighted by Crippen LogP contribution is 2.42. The van der Waals surface area contributed by atoms with Crippen molar-refractivity contribution in [3.05, 3.63) is 70.8 Å². The second-order valence-corrected chi connectivity index (χ2v) is 19.3. The van der Waals surface area contributed by atoms with Gasteiger partial charge >= 0.3 is 5.97 Å². The van der Waals surface area contributed by atoms with Gasteiger partial charge in [-0.2, -0.15) is 0 Å². The molecule has 4 aromatic rings. The van der Waals surface area contributed by atoms with Crippen LogP contribution >= 0.6 is 11.3 Å². The second-order valence-electron chi connectivity index (χ2n) is 18.4. The number of pyridine rings is 1. The first-order chi connectivity index (χ1) is 30.5. The number of thiazole rings is 1. The number of aromatic nitrogens is 3. The molecule has 15 nitrogen and oxygen atoms in total. The average molecular weight is 895 g/mol. The number of hydrogen-bond donors (Lipinski definition) is 2. The minimum Gasteiger partial charge on any atom is -0.464 e. The van der Waals surface area contributed by atoms with Gasteiger partial charge in [0.2, 0.25) is 17.7 Å². The van der Waals surface area contributed by atoms with Crippen molar-refractivity contribution >= 4 is 51.8 Å². The SMILES string of the molecule is C=CC(=O)N1CC[C@H](C(=O)N(C)C(C(=O)N[C@H]2Cc3nc(cs3)-c3ccc4c(c3)c(c(-c3cccnc3[C@H](C)OC)n4CC)CC(C)(C)COC(=O)[C@@H]3CCCN(N3)C2=O)C(C)C)C1. The van der Waals surface area contributed by atoms with Gasteiger partial charge in [0.05, 0.1) is 40.7 Å². The Morgan fingerprint density at radius 3 is 2.66 bits per heavy atom. The van der Waals surface area contributed by atoms with Crippen molar-refractivity contribution in [1.29, 1.82) is 0 Å². The fourth-order valence-electron chi connectivity index (χ4n) is 9.46. The molecule has 4 amide bonds. The summed E-state index contributed by atoms with van der Waals surface area (Å²) in [5, 5.41) is 8.08. The normalized spacial score (nSPS) is 21.3. The Labute approximate surface area is 379 Å². The first kappa shape index (κ1) is 46.5. The number of nitrogens with one attached hydrogen (secondary N) is 2. The zero-order valence-electron chi connectivity index (χ0n) is 38.3. The van der Waals surface area contributed by atoms with Gasteiger partial charge in [-0.1, -0.05) is 40.3 Å². The molecule has 3 aliphatic rings. The van der Waals surface area contributed by atoms with Crippen molar-refractivity contribution in [2.24, 2.45) is 17.3 Å². The minimum absolute atomic E-state index is 0.0752. The maximum atomic E-state index is 14.6. The summed E-state index contributed by atoms with van der Waals surface area (Å²) < 4.78 is 14.2. The van der Waals surface area contributed by atoms with Crippen LogP contribution in [0.1, 0.15) is 83.2 Å². The van der Waals surface area contributed by atoms with Gasteiger partial charge in [0.1, 0.15) is 18.1 Å². The fourth-order valence-corrected chi connectivity index (χ4v) is 10.3. The van der Waals surface area contributed by atoms with Crippen molar-refractivity contribution < 1.29 is 33.4 Å². The number of aryl methyl sites for hydroxylation is 1. The van der Waals surface area contributed by atoms with Gasteiger partial charge in [0, 0.05) is 85.8 Å². The Kier molecular flexibility index (Phi) is 14.1. The van der Waals surface area contributed by atoms with Crippen LogP contribution in [0, 0.1) is 17.3 Å². The number of cyclic esters (lactones) is 1. The Morgan fingerprint density at radius 2 is 1.94 bits per heavy atom. The molecule has 2 fully saturated rings. The van der Waals surface area contributed by atoms with E-state index in [0.29, 0.717) is 50.3 Å². The van der Waals surface area contributed by atoms with Crippen molar-refractivity contribution in [3.63, 3.8) is 0 Å². The predicted molar refractivity (Wildman–Crippen MR) is 246 cm³/mol. The average Bonchev–Trinajstić information content (AvgIpc) is 4.05. The Morgan fingerprint density at radius 1 is 1.16 bits per heavy atom. The standard InChI is InChI=1S/C48H62N8O7S/c1-10-40(57)54-21-18-31(25-54)45(59)53(8)42(28(3)4)44(58)51-36-23-39-50-37(26-64-39)30-16-17-38-33(22-30)34(43(55(38)11-2)32-14-12-19-49-41(32)29(5)62-9)24-48(6,7)27-63-47(61)35-15-13-20-56(52-35)46(36)60/h10,12,14,16-17,19,22,26,28-29,31,35-36,42,52H,1,11,13,15,18,20-21,23-25,27H2,2-9H3,(H,51,58)/t29-,31-,35-,36-,42?/m0/s1. The van der Waals surface area contributed by atoms with Crippen LogP contribution in [0.15, 0.2) is 54.6 Å². The van der Waals surface area contributed by atoms with Crippen molar-refractivity contribution in [2.45, 2.75) is 104 Å². The lowest BCUT2D eigenvalue weighted by Crippen LogP contribution is -2.62. The summed E-state index contributed by atoms with van der Waals surface area (Å²) in [6, 6.07) is 7.62. The zero-order chi connectivity index (χ0) is 46.0. The number of carbonyl (C=O) groups excluding carboxylic acids is 5. The summed E-state index contributed by atoms with van der Waals surface area (Å²) in [6.07, 6.45) is 4.90. The van der Waals surface area contributed by atoms with Crippen LogP contribution in [0.4, 0.5) is 0 Å². The molecule has 5 atom stereocenters. The highest BCUT2D eigenvalue weighted by Gasteiger charge is 2.40. The number of ether oxygens (including phenoxy) is 2. The van der Waals surface area contributed by atoms with Crippen LogP contribution in [0.25, 0.3) is 33.4 Å². The molecule has 64 heavy (non-hydrogen) atoms. The molecule has 0 saturated carbocycles. The smallest absolute Gasteiger partial charge is 0.324 e. The monoisotopic (exact) mass is 894 g/mol. The number of rotatable bonds is 10. The van der Waals surface area contributed by atoms with Gasteiger partial charge in [-0.3, -0.25) is 34.0 Å². The quantitative estimate of drug-likeness (QED) is 0.149. The third kappa shape index (κ3) is 9.50. The third-order valence-electron chi connectivity index (χ3n) is 12.8. The van der Waals surface area contributed by atoms with Crippen LogP contribution in [0.3, 0.4) is 0 Å². The lowest BCUT2D eigenvalue weighted by Gasteiger charge is -2.36. The summed E-state index contributed by atoms with van der Waals surface area (Å²) in [6.45, 7) is 17.4. The number of amides is 4. The molecule has 1 unspecified atom stereocenters. The van der Waals surface area contributed by atoms with E-state index >= 15 is 0 Å². The maximum absolute atomic E-state index is 14.6. The summed E-state index contributed by atoms with van der Waals surface area (Å²) in [5.74, 6) is -2.63. The lowest BCUT2D eigenvalue weighted by molar-refractivity contribution is -0.155. The van der Waals surface area contributed by atoms with Gasteiger partial charge in [-0.25, -0.2) is 10.4 Å². The van der Waals surface area contributed by atoms with E-state index in [4.69, 9.17) is 19.4 Å². The third-order valence-corrected chi connectivity index (χ3v) is 13.7. The molecular weight excluding hydrogens is 833 g/mol. The van der Waals surface area contributed by atoms with Crippen LogP contribution in [-0.2, 0) is 52.8 Å². The van der Waals surface area contributed by atoms with Crippen molar-refractivity contribution in [1.82, 2.24) is 40.1 Å². The van der Waals surface area contributed by atoms with E-state index in [1.165, 1.54) is 27.3 Å². The number of hydrogen-bond acceptors (Lipinski definition) is 11. The number of fused-ring (bicyclic) bond motifs is 6. The number of carbonyl (C=O) groups is 5. The highest BCUT2D eigenvalue weighted by atomic mass is 32.1. The molecular formula is C48H62N8O7S.